The summed E-state index contributed by atoms with van der Waals surface area (Å²) in [4.78, 5) is 38.3. The van der Waals surface area contributed by atoms with Crippen LogP contribution in [-0.2, 0) is 14.3 Å². The molecule has 1 atom stereocenters. The molecule has 172 valence electrons. The zero-order chi connectivity index (χ0) is 22.5. The summed E-state index contributed by atoms with van der Waals surface area (Å²) in [5.41, 5.74) is 0. The van der Waals surface area contributed by atoms with Crippen LogP contribution in [0.3, 0.4) is 0 Å². The van der Waals surface area contributed by atoms with E-state index in [0.29, 0.717) is 19.7 Å². The Morgan fingerprint density at radius 3 is 2.61 bits per heavy atom. The number of unbranched alkanes of at least 4 members (excludes halogenated alkanes) is 7. The quantitative estimate of drug-likeness (QED) is 0.286. The fourth-order valence-corrected chi connectivity index (χ4v) is 3.75. The maximum absolute atomic E-state index is 12.3. The Bertz CT molecular complexity index is 723. The number of piperazine rings is 1. The maximum Gasteiger partial charge on any atom is 0.308 e. The van der Waals surface area contributed by atoms with E-state index < -0.39 is 17.9 Å². The van der Waals surface area contributed by atoms with E-state index >= 15 is 0 Å². The van der Waals surface area contributed by atoms with Crippen LogP contribution in [0.1, 0.15) is 75.3 Å². The number of esters is 1. The number of hydrogen-bond acceptors (Lipinski definition) is 6. The average molecular weight is 452 g/mol. The van der Waals surface area contributed by atoms with E-state index in [1.54, 1.807) is 11.0 Å². The highest BCUT2D eigenvalue weighted by atomic mass is 32.1. The SMILES string of the molecule is CCCCCCCCCCOC(=O)CC1C(=O)NCCN1C(=S)NC(=O)c1ccco1. The van der Waals surface area contributed by atoms with Gasteiger partial charge in [0.05, 0.1) is 19.3 Å². The second-order valence-corrected chi connectivity index (χ2v) is 8.02. The van der Waals surface area contributed by atoms with Gasteiger partial charge < -0.3 is 19.4 Å². The summed E-state index contributed by atoms with van der Waals surface area (Å²) in [6, 6.07) is 2.29. The molecular weight excluding hydrogens is 418 g/mol. The molecule has 1 fully saturated rings. The Balaban J connectivity index is 1.73. The number of amides is 2. The molecule has 0 spiro atoms. The first-order valence-electron chi connectivity index (χ1n) is 11.1. The number of furan rings is 1. The van der Waals surface area contributed by atoms with Crippen LogP contribution in [-0.4, -0.2) is 53.5 Å². The summed E-state index contributed by atoms with van der Waals surface area (Å²) in [5.74, 6) is -1.15. The normalized spacial score (nSPS) is 16.0. The van der Waals surface area contributed by atoms with E-state index in [2.05, 4.69) is 17.6 Å². The minimum atomic E-state index is -0.816. The Morgan fingerprint density at radius 2 is 1.94 bits per heavy atom. The van der Waals surface area contributed by atoms with Gasteiger partial charge in [0, 0.05) is 13.1 Å². The number of nitrogens with one attached hydrogen (secondary N) is 2. The van der Waals surface area contributed by atoms with Crippen LogP contribution in [0.15, 0.2) is 22.8 Å². The molecule has 1 unspecified atom stereocenters. The van der Waals surface area contributed by atoms with Crippen molar-refractivity contribution in [2.75, 3.05) is 19.7 Å². The Hall–Kier alpha value is -2.42. The topological polar surface area (TPSA) is 101 Å². The summed E-state index contributed by atoms with van der Waals surface area (Å²) in [6.45, 7) is 3.31. The van der Waals surface area contributed by atoms with Crippen LogP contribution in [0.5, 0.6) is 0 Å². The molecule has 0 aromatic carbocycles. The molecule has 1 saturated heterocycles. The third-order valence-corrected chi connectivity index (χ3v) is 5.51. The van der Waals surface area contributed by atoms with E-state index in [9.17, 15) is 14.4 Å². The molecule has 2 amide bonds. The van der Waals surface area contributed by atoms with Gasteiger partial charge in [0.2, 0.25) is 5.91 Å². The van der Waals surface area contributed by atoms with Crippen molar-refractivity contribution >= 4 is 35.1 Å². The van der Waals surface area contributed by atoms with Crippen molar-refractivity contribution in [2.24, 2.45) is 0 Å². The standard InChI is InChI=1S/C22H33N3O5S/c1-2-3-4-5-6-7-8-9-14-30-19(26)16-17-20(27)23-12-13-25(17)22(31)24-21(28)18-11-10-15-29-18/h10-11,15,17H,2-9,12-14,16H2,1H3,(H,23,27)(H,24,28,31). The molecule has 2 N–H and O–H groups in total. The number of carbonyl (C=O) groups excluding carboxylic acids is 3. The van der Waals surface area contributed by atoms with Crippen molar-refractivity contribution in [2.45, 2.75) is 70.8 Å². The Labute approximate surface area is 189 Å². The predicted octanol–water partition coefficient (Wildman–Crippen LogP) is 3.17. The molecule has 1 aliphatic rings. The molecule has 8 nitrogen and oxygen atoms in total. The van der Waals surface area contributed by atoms with Crippen molar-refractivity contribution in [3.8, 4) is 0 Å². The number of nitrogens with zero attached hydrogens (tertiary/aromatic N) is 1. The van der Waals surface area contributed by atoms with Crippen molar-refractivity contribution in [1.29, 1.82) is 0 Å². The third kappa shape index (κ3) is 8.69. The second-order valence-electron chi connectivity index (χ2n) is 7.64. The largest absolute Gasteiger partial charge is 0.466 e. The third-order valence-electron chi connectivity index (χ3n) is 5.18. The van der Waals surface area contributed by atoms with E-state index in [-0.39, 0.29) is 23.2 Å². The van der Waals surface area contributed by atoms with E-state index in [1.807, 2.05) is 0 Å². The predicted molar refractivity (Wildman–Crippen MR) is 120 cm³/mol. The first-order chi connectivity index (χ1) is 15.0. The summed E-state index contributed by atoms with van der Waals surface area (Å²) in [6.07, 6.45) is 10.5. The van der Waals surface area contributed by atoms with Crippen LogP contribution in [0.4, 0.5) is 0 Å². The highest BCUT2D eigenvalue weighted by Crippen LogP contribution is 2.12. The zero-order valence-corrected chi connectivity index (χ0v) is 19.0. The molecule has 1 aliphatic heterocycles. The van der Waals surface area contributed by atoms with Crippen LogP contribution >= 0.6 is 12.2 Å². The van der Waals surface area contributed by atoms with Crippen LogP contribution in [0.25, 0.3) is 0 Å². The highest BCUT2D eigenvalue weighted by molar-refractivity contribution is 7.80. The van der Waals surface area contributed by atoms with E-state index in [4.69, 9.17) is 21.4 Å². The number of ether oxygens (including phenoxy) is 1. The van der Waals surface area contributed by atoms with E-state index in [0.717, 1.165) is 19.3 Å². The van der Waals surface area contributed by atoms with Gasteiger partial charge in [0.25, 0.3) is 5.91 Å². The van der Waals surface area contributed by atoms with Crippen LogP contribution < -0.4 is 10.6 Å². The lowest BCUT2D eigenvalue weighted by Crippen LogP contribution is -2.60. The lowest BCUT2D eigenvalue weighted by molar-refractivity contribution is -0.147. The first kappa shape index (κ1) is 24.8. The van der Waals surface area contributed by atoms with Gasteiger partial charge in [0.1, 0.15) is 6.04 Å². The van der Waals surface area contributed by atoms with E-state index in [1.165, 1.54) is 44.4 Å². The monoisotopic (exact) mass is 451 g/mol. The van der Waals surface area contributed by atoms with Gasteiger partial charge in [-0.2, -0.15) is 0 Å². The molecule has 0 saturated carbocycles. The fourth-order valence-electron chi connectivity index (χ4n) is 3.44. The van der Waals surface area contributed by atoms with Crippen LogP contribution in [0.2, 0.25) is 0 Å². The Kier molecular flexibility index (Phi) is 11.1. The molecule has 0 bridgehead atoms. The van der Waals surface area contributed by atoms with Gasteiger partial charge in [-0.1, -0.05) is 51.9 Å². The van der Waals surface area contributed by atoms with Crippen LogP contribution in [0, 0.1) is 0 Å². The lowest BCUT2D eigenvalue weighted by Gasteiger charge is -2.36. The molecule has 2 heterocycles. The van der Waals surface area contributed by atoms with Gasteiger partial charge in [-0.25, -0.2) is 0 Å². The molecule has 31 heavy (non-hydrogen) atoms. The fraction of sp³-hybridized carbons (Fsp3) is 0.636. The maximum atomic E-state index is 12.3. The molecule has 9 heteroatoms. The summed E-state index contributed by atoms with van der Waals surface area (Å²) < 4.78 is 10.4. The van der Waals surface area contributed by atoms with Crippen molar-refractivity contribution in [1.82, 2.24) is 15.5 Å². The molecule has 0 aliphatic carbocycles. The molecular formula is C22H33N3O5S. The summed E-state index contributed by atoms with van der Waals surface area (Å²) in [7, 11) is 0. The summed E-state index contributed by atoms with van der Waals surface area (Å²) in [5, 5.41) is 5.36. The number of hydrogen-bond donors (Lipinski definition) is 2. The smallest absolute Gasteiger partial charge is 0.308 e. The number of rotatable bonds is 12. The van der Waals surface area contributed by atoms with Crippen molar-refractivity contribution < 1.29 is 23.5 Å². The summed E-state index contributed by atoms with van der Waals surface area (Å²) >= 11 is 5.30. The second kappa shape index (κ2) is 13.8. The molecule has 2 rings (SSSR count). The molecule has 1 aromatic heterocycles. The van der Waals surface area contributed by atoms with Crippen molar-refractivity contribution in [3.63, 3.8) is 0 Å². The zero-order valence-electron chi connectivity index (χ0n) is 18.2. The number of thiocarbonyl (C=S) groups is 1. The highest BCUT2D eigenvalue weighted by Gasteiger charge is 2.34. The average Bonchev–Trinajstić information content (AvgIpc) is 3.29. The Morgan fingerprint density at radius 1 is 1.23 bits per heavy atom. The molecule has 1 aromatic rings. The van der Waals surface area contributed by atoms with Crippen molar-refractivity contribution in [3.05, 3.63) is 24.2 Å². The number of carbonyl (C=O) groups is 3. The van der Waals surface area contributed by atoms with Gasteiger partial charge in [-0.15, -0.1) is 0 Å². The lowest BCUT2D eigenvalue weighted by atomic mass is 10.1. The van der Waals surface area contributed by atoms with Gasteiger partial charge in [0.15, 0.2) is 10.9 Å². The van der Waals surface area contributed by atoms with Gasteiger partial charge in [-0.05, 0) is 30.8 Å². The molecule has 0 radical (unpaired) electrons. The minimum Gasteiger partial charge on any atom is -0.466 e. The van der Waals surface area contributed by atoms with Gasteiger partial charge >= 0.3 is 5.97 Å². The first-order valence-corrected chi connectivity index (χ1v) is 11.5. The van der Waals surface area contributed by atoms with Gasteiger partial charge in [-0.3, -0.25) is 19.7 Å². The minimum absolute atomic E-state index is 0.0807.